The fourth-order valence-corrected chi connectivity index (χ4v) is 7.87. The molecule has 0 radical (unpaired) electrons. The number of ketones is 1. The van der Waals surface area contributed by atoms with E-state index in [4.69, 9.17) is 37.1 Å². The predicted molar refractivity (Wildman–Crippen MR) is 190 cm³/mol. The molecule has 1 unspecified atom stereocenters. The second-order valence-electron chi connectivity index (χ2n) is 10.9. The molecule has 7 rings (SSSR count). The van der Waals surface area contributed by atoms with Gasteiger partial charge in [-0.15, -0.1) is 10.2 Å². The summed E-state index contributed by atoms with van der Waals surface area (Å²) in [5.74, 6) is -0.812. The van der Waals surface area contributed by atoms with Crippen LogP contribution in [0.1, 0.15) is 33.3 Å². The zero-order valence-corrected chi connectivity index (χ0v) is 28.8. The molecule has 1 amide bonds. The Labute approximate surface area is 298 Å². The number of ether oxygens (including phenoxy) is 2. The number of carbonyl (C=O) groups is 2. The van der Waals surface area contributed by atoms with E-state index in [-0.39, 0.29) is 16.5 Å². The number of aliphatic hydroxyl groups is 1. The topological polar surface area (TPSA) is 115 Å². The third-order valence-electron chi connectivity index (χ3n) is 7.79. The lowest BCUT2D eigenvalue weighted by Crippen LogP contribution is -2.31. The number of Topliss-reactive ketones (excluding diaryl/α,β-unsaturated/α-hetero) is 1. The zero-order valence-electron chi connectivity index (χ0n) is 25.6. The van der Waals surface area contributed by atoms with Crippen LogP contribution in [0.2, 0.25) is 10.0 Å². The Bertz CT molecular complexity index is 2240. The van der Waals surface area contributed by atoms with E-state index in [0.717, 1.165) is 22.5 Å². The highest BCUT2D eigenvalue weighted by Gasteiger charge is 2.47. The number of aliphatic hydroxyl groups excluding tert-OH is 1. The van der Waals surface area contributed by atoms with E-state index in [1.165, 1.54) is 23.8 Å². The number of anilines is 1. The number of amides is 1. The standard InChI is InChI=1S/C36H25Cl2N3O6S2/c1-45-27-12-6-10-22-16-28(47-33(22)27)31(42)29-30(21-9-5-11-25(15-21)46-18-20-7-3-2-4-8-20)41(34(44)32(29)43)35-39-40-36(49-35)48-19-23-13-14-24(37)17-26(23)38/h2-17,30,43H,18-19H2,1H3. The summed E-state index contributed by atoms with van der Waals surface area (Å²) in [5.41, 5.74) is 2.54. The van der Waals surface area contributed by atoms with E-state index in [1.54, 1.807) is 60.7 Å². The number of methoxy groups -OCH3 is 1. The normalized spacial score (nSPS) is 14.6. The summed E-state index contributed by atoms with van der Waals surface area (Å²) in [4.78, 5) is 29.4. The molecule has 3 heterocycles. The molecule has 4 aromatic carbocycles. The molecule has 1 N–H and O–H groups in total. The van der Waals surface area contributed by atoms with E-state index < -0.39 is 23.5 Å². The Morgan fingerprint density at radius 1 is 1.00 bits per heavy atom. The maximum absolute atomic E-state index is 14.2. The number of carbonyl (C=O) groups excluding carboxylic acids is 2. The van der Waals surface area contributed by atoms with Gasteiger partial charge in [0.15, 0.2) is 27.2 Å². The molecule has 2 aromatic heterocycles. The van der Waals surface area contributed by atoms with Crippen molar-refractivity contribution in [3.05, 3.63) is 141 Å². The number of aromatic nitrogens is 2. The van der Waals surface area contributed by atoms with Crippen molar-refractivity contribution < 1.29 is 28.6 Å². The molecule has 246 valence electrons. The lowest BCUT2D eigenvalue weighted by molar-refractivity contribution is -0.117. The van der Waals surface area contributed by atoms with Gasteiger partial charge in [0.05, 0.1) is 18.7 Å². The second kappa shape index (κ2) is 14.0. The number of para-hydroxylation sites is 1. The number of halogens is 2. The first kappa shape index (κ1) is 32.7. The maximum Gasteiger partial charge on any atom is 0.296 e. The van der Waals surface area contributed by atoms with Crippen molar-refractivity contribution >= 4 is 74.1 Å². The van der Waals surface area contributed by atoms with Crippen molar-refractivity contribution in [2.75, 3.05) is 12.0 Å². The number of hydrogen-bond donors (Lipinski definition) is 1. The molecule has 13 heteroatoms. The summed E-state index contributed by atoms with van der Waals surface area (Å²) in [5, 5.41) is 21.8. The smallest absolute Gasteiger partial charge is 0.296 e. The van der Waals surface area contributed by atoms with Gasteiger partial charge in [0, 0.05) is 21.2 Å². The Morgan fingerprint density at radius 3 is 2.61 bits per heavy atom. The number of rotatable bonds is 11. The van der Waals surface area contributed by atoms with Crippen molar-refractivity contribution in [1.29, 1.82) is 0 Å². The number of thioether (sulfide) groups is 1. The SMILES string of the molecule is COc1cccc2cc(C(=O)C3=C(O)C(=O)N(c4nnc(SCc5ccc(Cl)cc5Cl)s4)C3c3cccc(OCc4ccccc4)c3)oc12. The molecular formula is C36H25Cl2N3O6S2. The third kappa shape index (κ3) is 6.62. The van der Waals surface area contributed by atoms with E-state index in [1.807, 2.05) is 36.4 Å². The maximum atomic E-state index is 14.2. The van der Waals surface area contributed by atoms with Crippen LogP contribution in [0.15, 0.2) is 117 Å². The fourth-order valence-electron chi connectivity index (χ4n) is 5.44. The van der Waals surface area contributed by atoms with Gasteiger partial charge in [-0.3, -0.25) is 14.5 Å². The van der Waals surface area contributed by atoms with E-state index in [9.17, 15) is 14.7 Å². The minimum absolute atomic E-state index is 0.0643. The second-order valence-corrected chi connectivity index (χ2v) is 13.9. The average Bonchev–Trinajstić information content (AvgIpc) is 3.83. The van der Waals surface area contributed by atoms with E-state index in [2.05, 4.69) is 10.2 Å². The van der Waals surface area contributed by atoms with E-state index >= 15 is 0 Å². The zero-order chi connectivity index (χ0) is 34.1. The monoisotopic (exact) mass is 729 g/mol. The highest BCUT2D eigenvalue weighted by Crippen LogP contribution is 2.45. The van der Waals surface area contributed by atoms with Gasteiger partial charge in [-0.1, -0.05) is 107 Å². The number of benzene rings is 4. The lowest BCUT2D eigenvalue weighted by atomic mass is 9.95. The molecule has 0 saturated carbocycles. The molecule has 49 heavy (non-hydrogen) atoms. The van der Waals surface area contributed by atoms with Crippen LogP contribution in [0, 0.1) is 0 Å². The first-order chi connectivity index (χ1) is 23.8. The molecular weight excluding hydrogens is 705 g/mol. The molecule has 1 aliphatic rings. The highest BCUT2D eigenvalue weighted by molar-refractivity contribution is 8.00. The minimum atomic E-state index is -1.08. The van der Waals surface area contributed by atoms with Gasteiger partial charge in [0.2, 0.25) is 10.9 Å². The molecule has 0 aliphatic carbocycles. The number of fused-ring (bicyclic) bond motifs is 1. The third-order valence-corrected chi connectivity index (χ3v) is 10.5. The van der Waals surface area contributed by atoms with Crippen LogP contribution in [0.25, 0.3) is 11.0 Å². The lowest BCUT2D eigenvalue weighted by Gasteiger charge is -2.24. The quantitative estimate of drug-likeness (QED) is 0.0792. The molecule has 0 saturated heterocycles. The van der Waals surface area contributed by atoms with Gasteiger partial charge in [0.1, 0.15) is 12.4 Å². The molecule has 0 fully saturated rings. The van der Waals surface area contributed by atoms with Gasteiger partial charge in [-0.2, -0.15) is 0 Å². The van der Waals surface area contributed by atoms with Gasteiger partial charge in [-0.05, 0) is 53.1 Å². The average molecular weight is 731 g/mol. The van der Waals surface area contributed by atoms with Crippen LogP contribution in [0.5, 0.6) is 11.5 Å². The first-order valence-electron chi connectivity index (χ1n) is 14.9. The number of nitrogens with zero attached hydrogens (tertiary/aromatic N) is 3. The minimum Gasteiger partial charge on any atom is -0.503 e. The summed E-state index contributed by atoms with van der Waals surface area (Å²) in [6.07, 6.45) is 0. The Hall–Kier alpha value is -4.81. The van der Waals surface area contributed by atoms with Crippen LogP contribution in [0.4, 0.5) is 5.13 Å². The highest BCUT2D eigenvalue weighted by atomic mass is 35.5. The largest absolute Gasteiger partial charge is 0.503 e. The first-order valence-corrected chi connectivity index (χ1v) is 17.4. The fraction of sp³-hybridized carbons (Fsp3) is 0.111. The predicted octanol–water partition coefficient (Wildman–Crippen LogP) is 9.25. The molecule has 9 nitrogen and oxygen atoms in total. The summed E-state index contributed by atoms with van der Waals surface area (Å²) in [6.45, 7) is 0.305. The summed E-state index contributed by atoms with van der Waals surface area (Å²) < 4.78 is 18.0. The van der Waals surface area contributed by atoms with Crippen molar-refractivity contribution in [3.8, 4) is 11.5 Å². The van der Waals surface area contributed by atoms with Crippen molar-refractivity contribution in [3.63, 3.8) is 0 Å². The molecule has 1 aliphatic heterocycles. The van der Waals surface area contributed by atoms with Crippen LogP contribution < -0.4 is 14.4 Å². The summed E-state index contributed by atoms with van der Waals surface area (Å²) in [6, 6.07) is 27.7. The van der Waals surface area contributed by atoms with Gasteiger partial charge in [0.25, 0.3) is 5.91 Å². The molecule has 1 atom stereocenters. The Kier molecular flexibility index (Phi) is 9.33. The molecule has 0 bridgehead atoms. The van der Waals surface area contributed by atoms with Gasteiger partial charge >= 0.3 is 0 Å². The molecule has 0 spiro atoms. The van der Waals surface area contributed by atoms with Crippen LogP contribution in [-0.2, 0) is 17.2 Å². The Balaban J connectivity index is 1.24. The van der Waals surface area contributed by atoms with Gasteiger partial charge in [-0.25, -0.2) is 0 Å². The van der Waals surface area contributed by atoms with E-state index in [0.29, 0.717) is 54.8 Å². The Morgan fingerprint density at radius 2 is 1.82 bits per heavy atom. The molecule has 6 aromatic rings. The summed E-state index contributed by atoms with van der Waals surface area (Å²) in [7, 11) is 1.50. The van der Waals surface area contributed by atoms with Crippen LogP contribution in [-0.4, -0.2) is 34.1 Å². The summed E-state index contributed by atoms with van der Waals surface area (Å²) >= 11 is 14.9. The van der Waals surface area contributed by atoms with Crippen LogP contribution in [0.3, 0.4) is 0 Å². The van der Waals surface area contributed by atoms with Crippen molar-refractivity contribution in [2.24, 2.45) is 0 Å². The van der Waals surface area contributed by atoms with Crippen molar-refractivity contribution in [2.45, 2.75) is 22.7 Å². The van der Waals surface area contributed by atoms with Crippen LogP contribution >= 0.6 is 46.3 Å². The number of hydrogen-bond acceptors (Lipinski definition) is 10. The van der Waals surface area contributed by atoms with Gasteiger partial charge < -0.3 is 19.0 Å². The van der Waals surface area contributed by atoms with Crippen molar-refractivity contribution in [1.82, 2.24) is 10.2 Å². The number of furan rings is 1.